The summed E-state index contributed by atoms with van der Waals surface area (Å²) in [5.74, 6) is 1.57. The fourth-order valence-electron chi connectivity index (χ4n) is 3.97. The van der Waals surface area contributed by atoms with Gasteiger partial charge in [-0.15, -0.1) is 0 Å². The molecule has 0 N–H and O–H groups in total. The van der Waals surface area contributed by atoms with Crippen molar-refractivity contribution in [2.45, 2.75) is 51.9 Å². The summed E-state index contributed by atoms with van der Waals surface area (Å²) < 4.78 is 14.5. The van der Waals surface area contributed by atoms with Gasteiger partial charge >= 0.3 is 0 Å². The molecule has 25 heavy (non-hydrogen) atoms. The first-order valence-electron chi connectivity index (χ1n) is 9.48. The summed E-state index contributed by atoms with van der Waals surface area (Å²) in [5.41, 5.74) is 3.11. The molecule has 0 radical (unpaired) electrons. The molecule has 1 nitrogen and oxygen atoms in total. The number of nitrogens with zero attached hydrogens (tertiary/aromatic N) is 1. The molecule has 1 saturated carbocycles. The standard InChI is InChI=1S/C23H26FN/c1-2-17-3-5-18(6-4-17)7-8-19-11-14-22(23(24)15-19)21-12-9-20(16-25)10-13-21/h9-15,17-18H,2-8H2,1H3. The van der Waals surface area contributed by atoms with Gasteiger partial charge in [-0.3, -0.25) is 0 Å². The quantitative estimate of drug-likeness (QED) is 0.610. The summed E-state index contributed by atoms with van der Waals surface area (Å²) in [6.45, 7) is 2.29. The van der Waals surface area contributed by atoms with Gasteiger partial charge in [-0.2, -0.15) is 5.26 Å². The van der Waals surface area contributed by atoms with E-state index in [9.17, 15) is 4.39 Å². The monoisotopic (exact) mass is 335 g/mol. The second-order valence-electron chi connectivity index (χ2n) is 7.34. The van der Waals surface area contributed by atoms with Crippen LogP contribution >= 0.6 is 0 Å². The lowest BCUT2D eigenvalue weighted by atomic mass is 9.78. The molecule has 130 valence electrons. The van der Waals surface area contributed by atoms with Crippen LogP contribution in [0.15, 0.2) is 42.5 Å². The lowest BCUT2D eigenvalue weighted by Gasteiger charge is -2.27. The largest absolute Gasteiger partial charge is 0.206 e. The number of halogens is 1. The zero-order chi connectivity index (χ0) is 17.6. The fraction of sp³-hybridized carbons (Fsp3) is 0.435. The Labute approximate surface area is 150 Å². The summed E-state index contributed by atoms with van der Waals surface area (Å²) in [5, 5.41) is 8.86. The summed E-state index contributed by atoms with van der Waals surface area (Å²) >= 11 is 0. The van der Waals surface area contributed by atoms with Gasteiger partial charge < -0.3 is 0 Å². The highest BCUT2D eigenvalue weighted by Crippen LogP contribution is 2.33. The average molecular weight is 335 g/mol. The Bertz CT molecular complexity index is 734. The molecule has 0 aromatic heterocycles. The summed E-state index contributed by atoms with van der Waals surface area (Å²) in [6.07, 6.45) is 8.86. The van der Waals surface area contributed by atoms with E-state index in [0.717, 1.165) is 29.4 Å². The predicted molar refractivity (Wildman–Crippen MR) is 101 cm³/mol. The molecule has 0 amide bonds. The maximum absolute atomic E-state index is 14.5. The van der Waals surface area contributed by atoms with E-state index >= 15 is 0 Å². The Kier molecular flexibility index (Phi) is 5.87. The first kappa shape index (κ1) is 17.7. The molecular formula is C23H26FN. The molecule has 2 aromatic carbocycles. The third-order valence-corrected chi connectivity index (χ3v) is 5.74. The third-order valence-electron chi connectivity index (χ3n) is 5.74. The van der Waals surface area contributed by atoms with Crippen molar-refractivity contribution in [3.8, 4) is 17.2 Å². The van der Waals surface area contributed by atoms with Crippen molar-refractivity contribution in [3.05, 3.63) is 59.4 Å². The molecule has 0 saturated heterocycles. The van der Waals surface area contributed by atoms with Gasteiger partial charge in [-0.05, 0) is 54.0 Å². The molecule has 1 aliphatic rings. The normalized spacial score (nSPS) is 20.2. The highest BCUT2D eigenvalue weighted by atomic mass is 19.1. The fourth-order valence-corrected chi connectivity index (χ4v) is 3.97. The minimum absolute atomic E-state index is 0.170. The topological polar surface area (TPSA) is 23.8 Å². The lowest BCUT2D eigenvalue weighted by Crippen LogP contribution is -2.14. The van der Waals surface area contributed by atoms with Gasteiger partial charge in [0.2, 0.25) is 0 Å². The third kappa shape index (κ3) is 4.48. The van der Waals surface area contributed by atoms with Gasteiger partial charge in [0.15, 0.2) is 0 Å². The number of benzene rings is 2. The van der Waals surface area contributed by atoms with Gasteiger partial charge in [0.1, 0.15) is 5.82 Å². The summed E-state index contributed by atoms with van der Waals surface area (Å²) in [4.78, 5) is 0. The van der Waals surface area contributed by atoms with Crippen LogP contribution in [-0.2, 0) is 6.42 Å². The smallest absolute Gasteiger partial charge is 0.131 e. The molecule has 3 rings (SSSR count). The van der Waals surface area contributed by atoms with Crippen molar-refractivity contribution in [2.24, 2.45) is 11.8 Å². The van der Waals surface area contributed by atoms with Crippen molar-refractivity contribution < 1.29 is 4.39 Å². The number of nitriles is 1. The minimum Gasteiger partial charge on any atom is -0.206 e. The highest BCUT2D eigenvalue weighted by molar-refractivity contribution is 5.65. The zero-order valence-electron chi connectivity index (χ0n) is 15.0. The number of rotatable bonds is 5. The van der Waals surface area contributed by atoms with E-state index in [1.54, 1.807) is 18.2 Å². The lowest BCUT2D eigenvalue weighted by molar-refractivity contribution is 0.259. The van der Waals surface area contributed by atoms with Crippen LogP contribution in [-0.4, -0.2) is 0 Å². The number of hydrogen-bond acceptors (Lipinski definition) is 1. The van der Waals surface area contributed by atoms with Crippen molar-refractivity contribution >= 4 is 0 Å². The molecule has 2 aromatic rings. The van der Waals surface area contributed by atoms with Crippen LogP contribution in [0.4, 0.5) is 4.39 Å². The van der Waals surface area contributed by atoms with E-state index < -0.39 is 0 Å². The maximum Gasteiger partial charge on any atom is 0.131 e. The predicted octanol–water partition coefficient (Wildman–Crippen LogP) is 6.51. The van der Waals surface area contributed by atoms with Crippen molar-refractivity contribution in [1.29, 1.82) is 5.26 Å². The molecule has 0 atom stereocenters. The molecule has 0 unspecified atom stereocenters. The Morgan fingerprint density at radius 1 is 1.00 bits per heavy atom. The van der Waals surface area contributed by atoms with Gasteiger partial charge in [0, 0.05) is 5.56 Å². The Hall–Kier alpha value is -2.14. The molecular weight excluding hydrogens is 309 g/mol. The minimum atomic E-state index is -0.170. The van der Waals surface area contributed by atoms with Gasteiger partial charge in [0.05, 0.1) is 11.6 Å². The van der Waals surface area contributed by atoms with E-state index in [1.807, 2.05) is 24.3 Å². The highest BCUT2D eigenvalue weighted by Gasteiger charge is 2.19. The van der Waals surface area contributed by atoms with Crippen molar-refractivity contribution in [1.82, 2.24) is 0 Å². The molecule has 0 heterocycles. The Balaban J connectivity index is 1.61. The Morgan fingerprint density at radius 3 is 2.28 bits per heavy atom. The first-order chi connectivity index (χ1) is 12.2. The van der Waals surface area contributed by atoms with Crippen LogP contribution in [0.1, 0.15) is 56.6 Å². The summed E-state index contributed by atoms with van der Waals surface area (Å²) in [7, 11) is 0. The molecule has 0 spiro atoms. The average Bonchev–Trinajstić information content (AvgIpc) is 2.67. The van der Waals surface area contributed by atoms with Crippen LogP contribution in [0.3, 0.4) is 0 Å². The van der Waals surface area contributed by atoms with E-state index in [-0.39, 0.29) is 5.82 Å². The Morgan fingerprint density at radius 2 is 1.68 bits per heavy atom. The number of aryl methyl sites for hydroxylation is 1. The van der Waals surface area contributed by atoms with Crippen molar-refractivity contribution in [2.75, 3.05) is 0 Å². The van der Waals surface area contributed by atoms with E-state index in [0.29, 0.717) is 11.1 Å². The van der Waals surface area contributed by atoms with E-state index in [4.69, 9.17) is 5.26 Å². The van der Waals surface area contributed by atoms with Crippen molar-refractivity contribution in [3.63, 3.8) is 0 Å². The van der Waals surface area contributed by atoms with E-state index in [1.165, 1.54) is 38.5 Å². The van der Waals surface area contributed by atoms with Gasteiger partial charge in [-0.1, -0.05) is 63.3 Å². The van der Waals surface area contributed by atoms with Crippen LogP contribution in [0.2, 0.25) is 0 Å². The SMILES string of the molecule is CCC1CCC(CCc2ccc(-c3ccc(C#N)cc3)c(F)c2)CC1. The van der Waals surface area contributed by atoms with Crippen LogP contribution in [0, 0.1) is 29.0 Å². The second kappa shape index (κ2) is 8.30. The van der Waals surface area contributed by atoms with Crippen LogP contribution in [0.25, 0.3) is 11.1 Å². The molecule has 0 aliphatic heterocycles. The number of hydrogen-bond donors (Lipinski definition) is 0. The second-order valence-corrected chi connectivity index (χ2v) is 7.34. The van der Waals surface area contributed by atoms with Gasteiger partial charge in [0.25, 0.3) is 0 Å². The summed E-state index contributed by atoms with van der Waals surface area (Å²) in [6, 6.07) is 14.8. The zero-order valence-corrected chi connectivity index (χ0v) is 15.0. The van der Waals surface area contributed by atoms with Gasteiger partial charge in [-0.25, -0.2) is 4.39 Å². The molecule has 1 fully saturated rings. The maximum atomic E-state index is 14.5. The van der Waals surface area contributed by atoms with Crippen LogP contribution in [0.5, 0.6) is 0 Å². The van der Waals surface area contributed by atoms with E-state index in [2.05, 4.69) is 13.0 Å². The van der Waals surface area contributed by atoms with Crippen LogP contribution < -0.4 is 0 Å². The molecule has 1 aliphatic carbocycles. The molecule has 0 bridgehead atoms. The molecule has 2 heteroatoms. The first-order valence-corrected chi connectivity index (χ1v) is 9.48.